The lowest BCUT2D eigenvalue weighted by Gasteiger charge is -2.15. The number of nitro groups is 1. The van der Waals surface area contributed by atoms with E-state index in [-0.39, 0.29) is 5.78 Å². The highest BCUT2D eigenvalue weighted by molar-refractivity contribution is 5.83. The first-order valence-corrected chi connectivity index (χ1v) is 3.46. The highest BCUT2D eigenvalue weighted by Gasteiger charge is 2.32. The van der Waals surface area contributed by atoms with Crippen LogP contribution in [0.5, 0.6) is 0 Å². The molecule has 2 atom stereocenters. The summed E-state index contributed by atoms with van der Waals surface area (Å²) in [5, 5.41) is 10.3. The lowest BCUT2D eigenvalue weighted by Crippen LogP contribution is -2.33. The second-order valence-corrected chi connectivity index (χ2v) is 2.66. The van der Waals surface area contributed by atoms with E-state index in [2.05, 4.69) is 0 Å². The van der Waals surface area contributed by atoms with Crippen LogP contribution in [0.1, 0.15) is 13.3 Å². The van der Waals surface area contributed by atoms with Crippen molar-refractivity contribution in [2.24, 2.45) is 5.92 Å². The van der Waals surface area contributed by atoms with Crippen LogP contribution in [-0.2, 0) is 4.79 Å². The van der Waals surface area contributed by atoms with Gasteiger partial charge in [0.1, 0.15) is 5.78 Å². The number of allylic oxidation sites excluding steroid dienone is 1. The molecule has 0 N–H and O–H groups in total. The summed E-state index contributed by atoms with van der Waals surface area (Å²) in [6.45, 7) is 1.60. The summed E-state index contributed by atoms with van der Waals surface area (Å²) in [6.07, 6.45) is 3.40. The van der Waals surface area contributed by atoms with E-state index in [4.69, 9.17) is 0 Å². The van der Waals surface area contributed by atoms with Crippen molar-refractivity contribution in [3.63, 3.8) is 0 Å². The maximum absolute atomic E-state index is 11.0. The summed E-state index contributed by atoms with van der Waals surface area (Å²) < 4.78 is 0. The standard InChI is InChI=1S/C7H9NO3/c1-5-6(8(10)11)3-2-4-7(5)9/h2-3,5-6H,4H2,1H3. The first-order valence-electron chi connectivity index (χ1n) is 3.46. The Balaban J connectivity index is 2.80. The molecule has 0 aliphatic heterocycles. The largest absolute Gasteiger partial charge is 0.299 e. The van der Waals surface area contributed by atoms with Gasteiger partial charge in [0.25, 0.3) is 0 Å². The fourth-order valence-corrected chi connectivity index (χ4v) is 1.12. The number of hydrogen-bond donors (Lipinski definition) is 0. The van der Waals surface area contributed by atoms with Gasteiger partial charge < -0.3 is 0 Å². The third-order valence-electron chi connectivity index (χ3n) is 1.92. The topological polar surface area (TPSA) is 60.2 Å². The Morgan fingerprint density at radius 3 is 2.82 bits per heavy atom. The lowest BCUT2D eigenvalue weighted by molar-refractivity contribution is -0.515. The van der Waals surface area contributed by atoms with Gasteiger partial charge in [-0.15, -0.1) is 0 Å². The van der Waals surface area contributed by atoms with E-state index < -0.39 is 16.9 Å². The first kappa shape index (κ1) is 7.91. The molecule has 4 nitrogen and oxygen atoms in total. The van der Waals surface area contributed by atoms with Crippen molar-refractivity contribution in [1.29, 1.82) is 0 Å². The molecule has 0 aromatic rings. The van der Waals surface area contributed by atoms with E-state index in [1.165, 1.54) is 6.08 Å². The van der Waals surface area contributed by atoms with Gasteiger partial charge in [0.2, 0.25) is 6.04 Å². The summed E-state index contributed by atoms with van der Waals surface area (Å²) in [7, 11) is 0. The molecule has 0 amide bonds. The highest BCUT2D eigenvalue weighted by atomic mass is 16.6. The van der Waals surface area contributed by atoms with Crippen molar-refractivity contribution in [3.8, 4) is 0 Å². The molecule has 1 aliphatic rings. The summed E-state index contributed by atoms with van der Waals surface area (Å²) in [4.78, 5) is 20.8. The lowest BCUT2D eigenvalue weighted by atomic mass is 9.91. The van der Waals surface area contributed by atoms with Gasteiger partial charge >= 0.3 is 0 Å². The molecule has 60 valence electrons. The van der Waals surface area contributed by atoms with Gasteiger partial charge in [0.05, 0.1) is 5.92 Å². The number of hydrogen-bond acceptors (Lipinski definition) is 3. The van der Waals surface area contributed by atoms with Crippen molar-refractivity contribution in [2.75, 3.05) is 0 Å². The molecule has 11 heavy (non-hydrogen) atoms. The van der Waals surface area contributed by atoms with Crippen LogP contribution < -0.4 is 0 Å². The summed E-state index contributed by atoms with van der Waals surface area (Å²) in [5.41, 5.74) is 0. The molecule has 0 aromatic heterocycles. The van der Waals surface area contributed by atoms with Crippen LogP contribution in [0.4, 0.5) is 0 Å². The molecule has 0 heterocycles. The van der Waals surface area contributed by atoms with Crippen LogP contribution in [0.15, 0.2) is 12.2 Å². The zero-order valence-electron chi connectivity index (χ0n) is 6.19. The van der Waals surface area contributed by atoms with Gasteiger partial charge in [0.15, 0.2) is 0 Å². The predicted octanol–water partition coefficient (Wildman–Crippen LogP) is 0.797. The van der Waals surface area contributed by atoms with Crippen LogP contribution in [0, 0.1) is 16.0 Å². The van der Waals surface area contributed by atoms with E-state index in [1.807, 2.05) is 0 Å². The van der Waals surface area contributed by atoms with E-state index in [0.29, 0.717) is 6.42 Å². The molecule has 0 radical (unpaired) electrons. The van der Waals surface area contributed by atoms with Crippen molar-refractivity contribution < 1.29 is 9.72 Å². The average molecular weight is 155 g/mol. The molecule has 1 aliphatic carbocycles. The molecule has 0 spiro atoms. The van der Waals surface area contributed by atoms with Crippen LogP contribution in [0.25, 0.3) is 0 Å². The summed E-state index contributed by atoms with van der Waals surface area (Å²) >= 11 is 0. The Kier molecular flexibility index (Phi) is 2.03. The summed E-state index contributed by atoms with van der Waals surface area (Å²) in [6, 6.07) is -0.809. The number of carbonyl (C=O) groups excluding carboxylic acids is 1. The highest BCUT2D eigenvalue weighted by Crippen LogP contribution is 2.16. The Hall–Kier alpha value is -1.19. The van der Waals surface area contributed by atoms with E-state index in [0.717, 1.165) is 0 Å². The van der Waals surface area contributed by atoms with E-state index in [9.17, 15) is 14.9 Å². The minimum absolute atomic E-state index is 0.0470. The minimum atomic E-state index is -0.809. The zero-order valence-corrected chi connectivity index (χ0v) is 6.19. The maximum atomic E-state index is 11.0. The van der Waals surface area contributed by atoms with Crippen molar-refractivity contribution in [2.45, 2.75) is 19.4 Å². The van der Waals surface area contributed by atoms with Gasteiger partial charge in [0, 0.05) is 11.3 Å². The number of nitrogens with zero attached hydrogens (tertiary/aromatic N) is 1. The van der Waals surface area contributed by atoms with E-state index >= 15 is 0 Å². The molecular weight excluding hydrogens is 146 g/mol. The van der Waals surface area contributed by atoms with Gasteiger partial charge in [-0.25, -0.2) is 0 Å². The van der Waals surface area contributed by atoms with Gasteiger partial charge in [-0.05, 0) is 13.0 Å². The summed E-state index contributed by atoms with van der Waals surface area (Å²) in [5.74, 6) is -0.510. The van der Waals surface area contributed by atoms with Crippen LogP contribution in [-0.4, -0.2) is 16.7 Å². The van der Waals surface area contributed by atoms with Gasteiger partial charge in [-0.3, -0.25) is 14.9 Å². The molecule has 0 saturated carbocycles. The van der Waals surface area contributed by atoms with Crippen LogP contribution >= 0.6 is 0 Å². The zero-order chi connectivity index (χ0) is 8.43. The van der Waals surface area contributed by atoms with E-state index in [1.54, 1.807) is 13.0 Å². The first-order chi connectivity index (χ1) is 5.13. The smallest absolute Gasteiger partial charge is 0.240 e. The molecule has 0 saturated heterocycles. The molecular formula is C7H9NO3. The SMILES string of the molecule is CC1C(=O)CC=CC1[N+](=O)[O-]. The Morgan fingerprint density at radius 2 is 2.36 bits per heavy atom. The normalized spacial score (nSPS) is 30.5. The number of ketones is 1. The molecule has 0 aromatic carbocycles. The fraction of sp³-hybridized carbons (Fsp3) is 0.571. The van der Waals surface area contributed by atoms with Crippen LogP contribution in [0.3, 0.4) is 0 Å². The maximum Gasteiger partial charge on any atom is 0.240 e. The Labute approximate surface area is 64.0 Å². The van der Waals surface area contributed by atoms with Crippen molar-refractivity contribution in [1.82, 2.24) is 0 Å². The predicted molar refractivity (Wildman–Crippen MR) is 38.7 cm³/mol. The molecule has 1 rings (SSSR count). The third-order valence-corrected chi connectivity index (χ3v) is 1.92. The van der Waals surface area contributed by atoms with Crippen molar-refractivity contribution in [3.05, 3.63) is 22.3 Å². The quantitative estimate of drug-likeness (QED) is 0.319. The fourth-order valence-electron chi connectivity index (χ4n) is 1.12. The molecule has 2 unspecified atom stereocenters. The van der Waals surface area contributed by atoms with Gasteiger partial charge in [-0.1, -0.05) is 6.08 Å². The second kappa shape index (κ2) is 2.82. The van der Waals surface area contributed by atoms with Crippen LogP contribution in [0.2, 0.25) is 0 Å². The average Bonchev–Trinajstić information content (AvgIpc) is 1.94. The Bertz CT molecular complexity index is 222. The second-order valence-electron chi connectivity index (χ2n) is 2.66. The van der Waals surface area contributed by atoms with Gasteiger partial charge in [-0.2, -0.15) is 0 Å². The minimum Gasteiger partial charge on any atom is -0.299 e. The monoisotopic (exact) mass is 155 g/mol. The Morgan fingerprint density at radius 1 is 1.73 bits per heavy atom. The molecule has 0 fully saturated rings. The molecule has 0 bridgehead atoms. The number of Topliss-reactive ketones (excluding diaryl/α,β-unsaturated/α-hetero) is 1. The number of carbonyl (C=O) groups is 1. The third kappa shape index (κ3) is 1.45. The van der Waals surface area contributed by atoms with Crippen molar-refractivity contribution >= 4 is 5.78 Å². The number of rotatable bonds is 1. The molecule has 4 heteroatoms.